The molecular formula is C22H22F3NO5. The Kier molecular flexibility index (Phi) is 5.89. The second-order valence-electron chi connectivity index (χ2n) is 8.25. The van der Waals surface area contributed by atoms with Gasteiger partial charge >= 0.3 is 18.2 Å². The number of carbonyl (C=O) groups is 2. The monoisotopic (exact) mass is 437 g/mol. The normalized spacial score (nSPS) is 14.7. The minimum atomic E-state index is -4.46. The predicted octanol–water partition coefficient (Wildman–Crippen LogP) is 5.07. The molecule has 0 spiro atoms. The van der Waals surface area contributed by atoms with Crippen LogP contribution in [0.5, 0.6) is 5.75 Å². The van der Waals surface area contributed by atoms with Crippen LogP contribution in [-0.4, -0.2) is 46.9 Å². The fraction of sp³-hybridized carbons (Fsp3) is 0.364. The number of hydrogen-bond acceptors (Lipinski definition) is 4. The Morgan fingerprint density at radius 3 is 2.13 bits per heavy atom. The third-order valence-electron chi connectivity index (χ3n) is 4.50. The summed E-state index contributed by atoms with van der Waals surface area (Å²) in [7, 11) is 0. The second-order valence-corrected chi connectivity index (χ2v) is 8.25. The topological polar surface area (TPSA) is 76.1 Å². The molecule has 1 fully saturated rings. The summed E-state index contributed by atoms with van der Waals surface area (Å²) in [6.07, 6.45) is -5.27. The maximum absolute atomic E-state index is 12.8. The molecule has 0 bridgehead atoms. The zero-order chi connectivity index (χ0) is 23.0. The lowest BCUT2D eigenvalue weighted by Crippen LogP contribution is -2.57. The van der Waals surface area contributed by atoms with E-state index in [4.69, 9.17) is 9.47 Å². The number of carboxylic acids is 1. The van der Waals surface area contributed by atoms with Crippen LogP contribution in [0.2, 0.25) is 0 Å². The second kappa shape index (κ2) is 8.13. The van der Waals surface area contributed by atoms with Crippen LogP contribution in [0.3, 0.4) is 0 Å². The van der Waals surface area contributed by atoms with Crippen LogP contribution in [0.4, 0.5) is 18.0 Å². The quantitative estimate of drug-likeness (QED) is 0.723. The number of ether oxygens (including phenoxy) is 2. The Morgan fingerprint density at radius 2 is 1.61 bits per heavy atom. The van der Waals surface area contributed by atoms with E-state index >= 15 is 0 Å². The van der Waals surface area contributed by atoms with Gasteiger partial charge in [-0.3, -0.25) is 0 Å². The number of amides is 1. The summed E-state index contributed by atoms with van der Waals surface area (Å²) < 4.78 is 49.4. The molecule has 9 heteroatoms. The third kappa shape index (κ3) is 5.68. The molecule has 0 aliphatic carbocycles. The Hall–Kier alpha value is -3.23. The van der Waals surface area contributed by atoms with E-state index in [0.717, 1.165) is 12.1 Å². The summed E-state index contributed by atoms with van der Waals surface area (Å²) in [5, 5.41) is 9.39. The Bertz CT molecular complexity index is 974. The van der Waals surface area contributed by atoms with Gasteiger partial charge in [-0.25, -0.2) is 9.59 Å². The van der Waals surface area contributed by atoms with Crippen LogP contribution >= 0.6 is 0 Å². The molecule has 1 amide bonds. The van der Waals surface area contributed by atoms with Crippen molar-refractivity contribution in [2.24, 2.45) is 0 Å². The summed E-state index contributed by atoms with van der Waals surface area (Å²) in [5.41, 5.74) is -0.637. The molecule has 31 heavy (non-hydrogen) atoms. The summed E-state index contributed by atoms with van der Waals surface area (Å²) in [6.45, 7) is 5.85. The maximum Gasteiger partial charge on any atom is 0.416 e. The number of aromatic carboxylic acids is 1. The standard InChI is InChI=1S/C22H22F3NO5/c1-21(2,3)31-20(29)26-11-18(12-26)30-17-9-14(8-15(10-17)19(27)28)13-4-6-16(7-5-13)22(23,24)25/h4-10,18H,11-12H2,1-3H3,(H,27,28). The van der Waals surface area contributed by atoms with Gasteiger partial charge in [0.2, 0.25) is 0 Å². The van der Waals surface area contributed by atoms with Crippen molar-refractivity contribution in [1.82, 2.24) is 4.90 Å². The molecular weight excluding hydrogens is 415 g/mol. The van der Waals surface area contributed by atoms with E-state index in [2.05, 4.69) is 0 Å². The predicted molar refractivity (Wildman–Crippen MR) is 106 cm³/mol. The lowest BCUT2D eigenvalue weighted by atomic mass is 10.0. The van der Waals surface area contributed by atoms with Crippen molar-refractivity contribution in [3.8, 4) is 16.9 Å². The molecule has 1 N–H and O–H groups in total. The van der Waals surface area contributed by atoms with E-state index in [1.54, 1.807) is 26.8 Å². The number of carboxylic acid groups (broad SMARTS) is 1. The summed E-state index contributed by atoms with van der Waals surface area (Å²) >= 11 is 0. The largest absolute Gasteiger partial charge is 0.487 e. The number of likely N-dealkylation sites (tertiary alicyclic amines) is 1. The zero-order valence-corrected chi connectivity index (χ0v) is 17.2. The van der Waals surface area contributed by atoms with Crippen molar-refractivity contribution in [2.45, 2.75) is 38.7 Å². The molecule has 0 atom stereocenters. The number of alkyl halides is 3. The third-order valence-corrected chi connectivity index (χ3v) is 4.50. The molecule has 0 unspecified atom stereocenters. The van der Waals surface area contributed by atoms with E-state index in [9.17, 15) is 27.9 Å². The number of nitrogens with zero attached hydrogens (tertiary/aromatic N) is 1. The van der Waals surface area contributed by atoms with E-state index in [1.807, 2.05) is 0 Å². The van der Waals surface area contributed by atoms with E-state index < -0.39 is 29.4 Å². The van der Waals surface area contributed by atoms with Gasteiger partial charge in [-0.1, -0.05) is 12.1 Å². The Balaban J connectivity index is 1.75. The number of halogens is 3. The van der Waals surface area contributed by atoms with Crippen LogP contribution in [-0.2, 0) is 10.9 Å². The van der Waals surface area contributed by atoms with Gasteiger partial charge in [0, 0.05) is 0 Å². The van der Waals surface area contributed by atoms with Crippen molar-refractivity contribution in [3.63, 3.8) is 0 Å². The van der Waals surface area contributed by atoms with Gasteiger partial charge in [0.05, 0.1) is 24.2 Å². The summed E-state index contributed by atoms with van der Waals surface area (Å²) in [6, 6.07) is 8.70. The molecule has 1 aliphatic rings. The minimum absolute atomic E-state index is 0.0595. The van der Waals surface area contributed by atoms with Gasteiger partial charge in [0.25, 0.3) is 0 Å². The van der Waals surface area contributed by atoms with E-state index in [1.165, 1.54) is 29.2 Å². The van der Waals surface area contributed by atoms with Gasteiger partial charge in [-0.15, -0.1) is 0 Å². The number of hydrogen-bond donors (Lipinski definition) is 1. The molecule has 1 aliphatic heterocycles. The first-order valence-corrected chi connectivity index (χ1v) is 9.52. The summed E-state index contributed by atoms with van der Waals surface area (Å²) in [5.74, 6) is -0.939. The lowest BCUT2D eigenvalue weighted by Gasteiger charge is -2.39. The van der Waals surface area contributed by atoms with Crippen LogP contribution in [0.1, 0.15) is 36.7 Å². The van der Waals surface area contributed by atoms with Crippen LogP contribution in [0.25, 0.3) is 11.1 Å². The molecule has 3 rings (SSSR count). The molecule has 1 heterocycles. The average molecular weight is 437 g/mol. The van der Waals surface area contributed by atoms with E-state index in [0.29, 0.717) is 11.1 Å². The fourth-order valence-corrected chi connectivity index (χ4v) is 2.99. The molecule has 6 nitrogen and oxygen atoms in total. The molecule has 0 aromatic heterocycles. The van der Waals surface area contributed by atoms with Gasteiger partial charge in [0.15, 0.2) is 0 Å². The van der Waals surface area contributed by atoms with Crippen molar-refractivity contribution in [2.75, 3.05) is 13.1 Å². The first-order chi connectivity index (χ1) is 14.3. The smallest absolute Gasteiger partial charge is 0.416 e. The van der Waals surface area contributed by atoms with Crippen LogP contribution < -0.4 is 4.74 Å². The highest BCUT2D eigenvalue weighted by atomic mass is 19.4. The lowest BCUT2D eigenvalue weighted by molar-refractivity contribution is -0.137. The molecule has 2 aromatic rings. The summed E-state index contributed by atoms with van der Waals surface area (Å²) in [4.78, 5) is 25.0. The van der Waals surface area contributed by atoms with Crippen molar-refractivity contribution in [3.05, 3.63) is 53.6 Å². The highest BCUT2D eigenvalue weighted by Crippen LogP contribution is 2.33. The van der Waals surface area contributed by atoms with Gasteiger partial charge < -0.3 is 19.5 Å². The van der Waals surface area contributed by atoms with Gasteiger partial charge in [-0.2, -0.15) is 13.2 Å². The zero-order valence-electron chi connectivity index (χ0n) is 17.2. The fourth-order valence-electron chi connectivity index (χ4n) is 2.99. The highest BCUT2D eigenvalue weighted by molar-refractivity contribution is 5.90. The Labute approximate surface area is 177 Å². The Morgan fingerprint density at radius 1 is 1.00 bits per heavy atom. The van der Waals surface area contributed by atoms with Crippen molar-refractivity contribution < 1.29 is 37.3 Å². The van der Waals surface area contributed by atoms with E-state index in [-0.39, 0.29) is 30.5 Å². The minimum Gasteiger partial charge on any atom is -0.487 e. The first-order valence-electron chi connectivity index (χ1n) is 9.52. The SMILES string of the molecule is CC(C)(C)OC(=O)N1CC(Oc2cc(C(=O)O)cc(-c3ccc(C(F)(F)F)cc3)c2)C1. The highest BCUT2D eigenvalue weighted by Gasteiger charge is 2.35. The number of benzene rings is 2. The number of rotatable bonds is 4. The van der Waals surface area contributed by atoms with Crippen LogP contribution in [0.15, 0.2) is 42.5 Å². The van der Waals surface area contributed by atoms with Gasteiger partial charge in [0.1, 0.15) is 17.5 Å². The molecule has 2 aromatic carbocycles. The molecule has 166 valence electrons. The van der Waals surface area contributed by atoms with Crippen molar-refractivity contribution >= 4 is 12.1 Å². The van der Waals surface area contributed by atoms with Crippen LogP contribution in [0, 0.1) is 0 Å². The van der Waals surface area contributed by atoms with Crippen molar-refractivity contribution in [1.29, 1.82) is 0 Å². The average Bonchev–Trinajstić information content (AvgIpc) is 2.62. The van der Waals surface area contributed by atoms with Gasteiger partial charge in [-0.05, 0) is 62.2 Å². The molecule has 0 saturated carbocycles. The molecule has 1 saturated heterocycles. The first kappa shape index (κ1) is 22.5. The molecule has 0 radical (unpaired) electrons. The maximum atomic E-state index is 12.8. The number of carbonyl (C=O) groups excluding carboxylic acids is 1.